The van der Waals surface area contributed by atoms with E-state index in [1.165, 1.54) is 0 Å². The number of anilines is 3. The Hall–Kier alpha value is -1.92. The summed E-state index contributed by atoms with van der Waals surface area (Å²) in [4.78, 5) is 0. The van der Waals surface area contributed by atoms with E-state index >= 15 is 0 Å². The quantitative estimate of drug-likeness (QED) is 0.678. The van der Waals surface area contributed by atoms with Gasteiger partial charge in [0, 0.05) is 22.5 Å². The van der Waals surface area contributed by atoms with Gasteiger partial charge in [-0.05, 0) is 49.2 Å². The smallest absolute Gasteiger partial charge is 0.232 e. The summed E-state index contributed by atoms with van der Waals surface area (Å²) < 4.78 is 31.8. The fourth-order valence-electron chi connectivity index (χ4n) is 2.27. The summed E-state index contributed by atoms with van der Waals surface area (Å²) in [6.07, 6.45) is 1.48. The lowest BCUT2D eigenvalue weighted by atomic mass is 10.2. The predicted octanol–water partition coefficient (Wildman–Crippen LogP) is 4.94. The van der Waals surface area contributed by atoms with Crippen LogP contribution in [-0.4, -0.2) is 21.3 Å². The third-order valence-electron chi connectivity index (χ3n) is 3.68. The molecule has 5 nitrogen and oxygen atoms in total. The highest BCUT2D eigenvalue weighted by molar-refractivity contribution is 7.92. The topological polar surface area (TPSA) is 67.4 Å². The molecule has 0 fully saturated rings. The van der Waals surface area contributed by atoms with Crippen molar-refractivity contribution in [3.63, 3.8) is 0 Å². The van der Waals surface area contributed by atoms with E-state index in [2.05, 4.69) is 10.0 Å². The zero-order chi connectivity index (χ0) is 18.4. The van der Waals surface area contributed by atoms with Crippen molar-refractivity contribution in [3.05, 3.63) is 47.0 Å². The lowest BCUT2D eigenvalue weighted by Gasteiger charge is -2.14. The van der Waals surface area contributed by atoms with Crippen LogP contribution in [0.3, 0.4) is 0 Å². The molecule has 0 radical (unpaired) electrons. The first-order valence-corrected chi connectivity index (χ1v) is 10.1. The van der Waals surface area contributed by atoms with Crippen LogP contribution in [0.5, 0.6) is 5.75 Å². The number of rotatable bonds is 8. The Morgan fingerprint density at radius 3 is 2.36 bits per heavy atom. The molecule has 0 aliphatic carbocycles. The number of halogens is 1. The average molecular weight is 383 g/mol. The van der Waals surface area contributed by atoms with Gasteiger partial charge in [0.25, 0.3) is 0 Å². The molecule has 0 saturated heterocycles. The van der Waals surface area contributed by atoms with Gasteiger partial charge in [0.15, 0.2) is 0 Å². The molecule has 0 spiro atoms. The van der Waals surface area contributed by atoms with Crippen LogP contribution in [0.15, 0.2) is 36.4 Å². The van der Waals surface area contributed by atoms with E-state index in [4.69, 9.17) is 16.3 Å². The largest absolute Gasteiger partial charge is 0.495 e. The molecule has 2 aromatic rings. The molecule has 0 bridgehead atoms. The van der Waals surface area contributed by atoms with Crippen LogP contribution in [0.2, 0.25) is 5.02 Å². The fourth-order valence-corrected chi connectivity index (χ4v) is 3.69. The second kappa shape index (κ2) is 8.45. The van der Waals surface area contributed by atoms with Crippen molar-refractivity contribution in [1.82, 2.24) is 0 Å². The van der Waals surface area contributed by atoms with Gasteiger partial charge < -0.3 is 10.1 Å². The van der Waals surface area contributed by atoms with E-state index in [1.807, 2.05) is 19.9 Å². The van der Waals surface area contributed by atoms with E-state index < -0.39 is 10.0 Å². The van der Waals surface area contributed by atoms with Crippen molar-refractivity contribution in [2.75, 3.05) is 22.9 Å². The highest BCUT2D eigenvalue weighted by atomic mass is 35.5. The Labute approximate surface area is 154 Å². The van der Waals surface area contributed by atoms with Crippen LogP contribution in [0.4, 0.5) is 17.1 Å². The highest BCUT2D eigenvalue weighted by Gasteiger charge is 2.10. The second-order valence-corrected chi connectivity index (χ2v) is 8.03. The van der Waals surface area contributed by atoms with Crippen LogP contribution in [0, 0.1) is 6.92 Å². The maximum atomic E-state index is 11.9. The van der Waals surface area contributed by atoms with Crippen molar-refractivity contribution in [2.24, 2.45) is 0 Å². The Balaban J connectivity index is 2.12. The number of unbranched alkanes of at least 4 members (excludes halogenated alkanes) is 1. The van der Waals surface area contributed by atoms with E-state index in [1.54, 1.807) is 37.4 Å². The molecular weight excluding hydrogens is 360 g/mol. The van der Waals surface area contributed by atoms with Crippen molar-refractivity contribution in [1.29, 1.82) is 0 Å². The lowest BCUT2D eigenvalue weighted by molar-refractivity contribution is 0.417. The standard InChI is InChI=1S/C18H23ClN2O3S/c1-4-5-10-25(22,23)21-15-8-6-14(7-9-15)20-17-11-13(2)16(19)12-18(17)24-3/h6-9,11-12,20-21H,4-5,10H2,1-3H3. The number of hydrogen-bond donors (Lipinski definition) is 2. The van der Waals surface area contributed by atoms with Crippen LogP contribution in [0.1, 0.15) is 25.3 Å². The monoisotopic (exact) mass is 382 g/mol. The number of ether oxygens (including phenoxy) is 1. The zero-order valence-electron chi connectivity index (χ0n) is 14.6. The number of sulfonamides is 1. The maximum Gasteiger partial charge on any atom is 0.232 e. The van der Waals surface area contributed by atoms with Gasteiger partial charge in [-0.2, -0.15) is 0 Å². The Morgan fingerprint density at radius 1 is 1.12 bits per heavy atom. The SMILES string of the molecule is CCCCS(=O)(=O)Nc1ccc(Nc2cc(C)c(Cl)cc2OC)cc1. The maximum absolute atomic E-state index is 11.9. The minimum absolute atomic E-state index is 0.130. The number of nitrogens with one attached hydrogen (secondary N) is 2. The van der Waals surface area contributed by atoms with Crippen molar-refractivity contribution in [2.45, 2.75) is 26.7 Å². The van der Waals surface area contributed by atoms with Gasteiger partial charge in [0.05, 0.1) is 18.6 Å². The minimum Gasteiger partial charge on any atom is -0.495 e. The van der Waals surface area contributed by atoms with E-state index in [-0.39, 0.29) is 5.75 Å². The van der Waals surface area contributed by atoms with Gasteiger partial charge in [-0.25, -0.2) is 8.42 Å². The second-order valence-electron chi connectivity index (χ2n) is 5.78. The lowest BCUT2D eigenvalue weighted by Crippen LogP contribution is -2.16. The van der Waals surface area contributed by atoms with Crippen LogP contribution in [-0.2, 0) is 10.0 Å². The fraction of sp³-hybridized carbons (Fsp3) is 0.333. The minimum atomic E-state index is -3.29. The number of benzene rings is 2. The summed E-state index contributed by atoms with van der Waals surface area (Å²) in [5.41, 5.74) is 3.09. The summed E-state index contributed by atoms with van der Waals surface area (Å²) >= 11 is 6.11. The summed E-state index contributed by atoms with van der Waals surface area (Å²) in [5.74, 6) is 0.769. The Kier molecular flexibility index (Phi) is 6.56. The molecule has 2 aromatic carbocycles. The van der Waals surface area contributed by atoms with Gasteiger partial charge >= 0.3 is 0 Å². The molecule has 0 unspecified atom stereocenters. The molecule has 0 saturated carbocycles. The first-order valence-electron chi connectivity index (χ1n) is 8.06. The number of hydrogen-bond acceptors (Lipinski definition) is 4. The van der Waals surface area contributed by atoms with Crippen molar-refractivity contribution < 1.29 is 13.2 Å². The summed E-state index contributed by atoms with van der Waals surface area (Å²) in [7, 11) is -1.71. The summed E-state index contributed by atoms with van der Waals surface area (Å²) in [6, 6.07) is 10.7. The number of methoxy groups -OCH3 is 1. The molecule has 2 rings (SSSR count). The zero-order valence-corrected chi connectivity index (χ0v) is 16.2. The Bertz CT molecular complexity index is 821. The van der Waals surface area contributed by atoms with Gasteiger partial charge in [-0.3, -0.25) is 4.72 Å². The van der Waals surface area contributed by atoms with Gasteiger partial charge in [-0.15, -0.1) is 0 Å². The highest BCUT2D eigenvalue weighted by Crippen LogP contribution is 2.33. The predicted molar refractivity (Wildman–Crippen MR) is 105 cm³/mol. The van der Waals surface area contributed by atoms with E-state index in [0.29, 0.717) is 22.9 Å². The molecule has 7 heteroatoms. The van der Waals surface area contributed by atoms with Crippen molar-refractivity contribution in [3.8, 4) is 5.75 Å². The number of aryl methyl sites for hydroxylation is 1. The molecule has 0 heterocycles. The Morgan fingerprint density at radius 2 is 1.76 bits per heavy atom. The molecule has 25 heavy (non-hydrogen) atoms. The summed E-state index contributed by atoms with van der Waals surface area (Å²) in [5, 5.41) is 3.89. The molecule has 0 aliphatic heterocycles. The molecule has 0 atom stereocenters. The van der Waals surface area contributed by atoms with Crippen molar-refractivity contribution >= 4 is 38.7 Å². The first-order chi connectivity index (χ1) is 11.8. The first kappa shape index (κ1) is 19.4. The molecular formula is C18H23ClN2O3S. The molecule has 0 aromatic heterocycles. The van der Waals surface area contributed by atoms with Gasteiger partial charge in [0.2, 0.25) is 10.0 Å². The van der Waals surface area contributed by atoms with E-state index in [0.717, 1.165) is 23.4 Å². The summed E-state index contributed by atoms with van der Waals surface area (Å²) in [6.45, 7) is 3.88. The molecule has 2 N–H and O–H groups in total. The molecule has 136 valence electrons. The third-order valence-corrected chi connectivity index (χ3v) is 5.46. The van der Waals surface area contributed by atoms with Crippen LogP contribution < -0.4 is 14.8 Å². The van der Waals surface area contributed by atoms with Crippen LogP contribution >= 0.6 is 11.6 Å². The van der Waals surface area contributed by atoms with Gasteiger partial charge in [0.1, 0.15) is 5.75 Å². The van der Waals surface area contributed by atoms with Crippen LogP contribution in [0.25, 0.3) is 0 Å². The average Bonchev–Trinajstić information content (AvgIpc) is 2.57. The normalized spacial score (nSPS) is 11.2. The van der Waals surface area contributed by atoms with Gasteiger partial charge in [-0.1, -0.05) is 24.9 Å². The van der Waals surface area contributed by atoms with E-state index in [9.17, 15) is 8.42 Å². The molecule has 0 amide bonds. The third kappa shape index (κ3) is 5.54. The molecule has 0 aliphatic rings.